The molecule has 8 heteroatoms. The molecule has 0 bridgehead atoms. The summed E-state index contributed by atoms with van der Waals surface area (Å²) in [6.45, 7) is -0.321. The molecule has 7 nitrogen and oxygen atoms in total. The second-order valence-electron chi connectivity index (χ2n) is 2.74. The Morgan fingerprint density at radius 3 is 2.67 bits per heavy atom. The number of carbonyl (C=O) groups is 1. The van der Waals surface area contributed by atoms with Crippen LogP contribution in [0.2, 0.25) is 0 Å². The van der Waals surface area contributed by atoms with Crippen LogP contribution in [0.25, 0.3) is 0 Å². The summed E-state index contributed by atoms with van der Waals surface area (Å²) in [5.74, 6) is -0.616. The summed E-state index contributed by atoms with van der Waals surface area (Å²) >= 11 is 4.74. The highest BCUT2D eigenvalue weighted by Crippen LogP contribution is 1.83. The SMILES string of the molecule is COC(=O)Cn1c(=S)[nH]c(=O)n(C)c1=O. The van der Waals surface area contributed by atoms with E-state index in [0.29, 0.717) is 0 Å². The van der Waals surface area contributed by atoms with Gasteiger partial charge in [-0.1, -0.05) is 0 Å². The van der Waals surface area contributed by atoms with E-state index in [1.807, 2.05) is 0 Å². The van der Waals surface area contributed by atoms with Gasteiger partial charge in [-0.25, -0.2) is 14.2 Å². The zero-order chi connectivity index (χ0) is 11.6. The van der Waals surface area contributed by atoms with E-state index in [9.17, 15) is 14.4 Å². The molecule has 0 aliphatic heterocycles. The van der Waals surface area contributed by atoms with Gasteiger partial charge in [0.25, 0.3) is 0 Å². The molecule has 15 heavy (non-hydrogen) atoms. The molecule has 0 spiro atoms. The van der Waals surface area contributed by atoms with Crippen LogP contribution >= 0.6 is 12.2 Å². The summed E-state index contributed by atoms with van der Waals surface area (Å²) in [6, 6.07) is 0. The second-order valence-corrected chi connectivity index (χ2v) is 3.13. The Morgan fingerprint density at radius 1 is 1.53 bits per heavy atom. The van der Waals surface area contributed by atoms with E-state index in [-0.39, 0.29) is 11.3 Å². The molecule has 1 heterocycles. The van der Waals surface area contributed by atoms with Gasteiger partial charge in [-0.05, 0) is 12.2 Å². The minimum absolute atomic E-state index is 0.103. The van der Waals surface area contributed by atoms with Gasteiger partial charge in [0.2, 0.25) is 0 Å². The van der Waals surface area contributed by atoms with E-state index in [0.717, 1.165) is 9.13 Å². The number of aromatic amines is 1. The van der Waals surface area contributed by atoms with Crippen molar-refractivity contribution in [2.45, 2.75) is 6.54 Å². The number of rotatable bonds is 2. The Labute approximate surface area is 88.9 Å². The molecule has 0 radical (unpaired) electrons. The fourth-order valence-electron chi connectivity index (χ4n) is 0.931. The number of methoxy groups -OCH3 is 1. The van der Waals surface area contributed by atoms with E-state index in [4.69, 9.17) is 12.2 Å². The summed E-state index contributed by atoms with van der Waals surface area (Å²) in [4.78, 5) is 35.8. The number of hydrogen-bond donors (Lipinski definition) is 1. The van der Waals surface area contributed by atoms with Crippen molar-refractivity contribution >= 4 is 18.2 Å². The minimum Gasteiger partial charge on any atom is -0.468 e. The Kier molecular flexibility index (Phi) is 3.20. The van der Waals surface area contributed by atoms with Gasteiger partial charge in [-0.3, -0.25) is 14.3 Å². The maximum absolute atomic E-state index is 11.5. The zero-order valence-electron chi connectivity index (χ0n) is 8.14. The number of nitrogens with zero attached hydrogens (tertiary/aromatic N) is 2. The van der Waals surface area contributed by atoms with Crippen LogP contribution in [0.5, 0.6) is 0 Å². The minimum atomic E-state index is -0.658. The van der Waals surface area contributed by atoms with Gasteiger partial charge in [0.05, 0.1) is 7.11 Å². The normalized spacial score (nSPS) is 10.0. The molecule has 1 aromatic heterocycles. The van der Waals surface area contributed by atoms with Crippen LogP contribution in [0, 0.1) is 4.77 Å². The molecule has 0 atom stereocenters. The molecular weight excluding hydrogens is 222 g/mol. The molecule has 0 fully saturated rings. The van der Waals surface area contributed by atoms with Crippen molar-refractivity contribution in [3.8, 4) is 0 Å². The lowest BCUT2D eigenvalue weighted by Crippen LogP contribution is -2.41. The van der Waals surface area contributed by atoms with Crippen LogP contribution in [-0.4, -0.2) is 27.2 Å². The van der Waals surface area contributed by atoms with Crippen LogP contribution < -0.4 is 11.4 Å². The number of H-pyrrole nitrogens is 1. The number of ether oxygens (including phenoxy) is 1. The van der Waals surface area contributed by atoms with E-state index >= 15 is 0 Å². The van der Waals surface area contributed by atoms with Crippen molar-refractivity contribution in [2.24, 2.45) is 7.05 Å². The third-order valence-corrected chi connectivity index (χ3v) is 2.12. The quantitative estimate of drug-likeness (QED) is 0.509. The van der Waals surface area contributed by atoms with E-state index in [2.05, 4.69) is 9.72 Å². The predicted molar refractivity (Wildman–Crippen MR) is 53.1 cm³/mol. The van der Waals surface area contributed by atoms with Crippen molar-refractivity contribution in [1.29, 1.82) is 0 Å². The zero-order valence-corrected chi connectivity index (χ0v) is 8.96. The molecular formula is C7H9N3O4S. The Hall–Kier alpha value is -1.70. The number of carbonyl (C=O) groups excluding carboxylic acids is 1. The van der Waals surface area contributed by atoms with Gasteiger partial charge >= 0.3 is 17.3 Å². The fraction of sp³-hybridized carbons (Fsp3) is 0.429. The highest BCUT2D eigenvalue weighted by atomic mass is 32.1. The predicted octanol–water partition coefficient (Wildman–Crippen LogP) is -1.22. The van der Waals surface area contributed by atoms with E-state index < -0.39 is 17.3 Å². The first-order valence-corrected chi connectivity index (χ1v) is 4.35. The van der Waals surface area contributed by atoms with E-state index in [1.165, 1.54) is 14.2 Å². The molecule has 0 amide bonds. The average Bonchev–Trinajstić information content (AvgIpc) is 2.21. The Morgan fingerprint density at radius 2 is 2.13 bits per heavy atom. The lowest BCUT2D eigenvalue weighted by atomic mass is 10.6. The second kappa shape index (κ2) is 4.22. The Bertz CT molecular complexity index is 553. The topological polar surface area (TPSA) is 86.1 Å². The maximum atomic E-state index is 11.5. The lowest BCUT2D eigenvalue weighted by Gasteiger charge is -2.05. The summed E-state index contributed by atoms with van der Waals surface area (Å²) < 4.78 is 6.05. The number of nitrogens with one attached hydrogen (secondary N) is 1. The van der Waals surface area contributed by atoms with Crippen LogP contribution in [0.1, 0.15) is 0 Å². The van der Waals surface area contributed by atoms with Gasteiger partial charge in [0.1, 0.15) is 6.54 Å². The largest absolute Gasteiger partial charge is 0.468 e. The van der Waals surface area contributed by atoms with Crippen LogP contribution in [0.15, 0.2) is 9.59 Å². The van der Waals surface area contributed by atoms with E-state index in [1.54, 1.807) is 0 Å². The fourth-order valence-corrected chi connectivity index (χ4v) is 1.16. The molecule has 1 N–H and O–H groups in total. The molecule has 0 aliphatic carbocycles. The Balaban J connectivity index is 3.38. The molecule has 0 unspecified atom stereocenters. The van der Waals surface area contributed by atoms with Crippen LogP contribution in [0.3, 0.4) is 0 Å². The first-order chi connectivity index (χ1) is 6.97. The summed E-state index contributed by atoms with van der Waals surface area (Å²) in [5, 5.41) is 0. The standard InChI is InChI=1S/C7H9N3O4S/c1-9-5(12)8-6(15)10(7(9)13)3-4(11)14-2/h3H2,1-2H3,(H,8,12,15). The number of aromatic nitrogens is 3. The van der Waals surface area contributed by atoms with Crippen molar-refractivity contribution in [2.75, 3.05) is 7.11 Å². The maximum Gasteiger partial charge on any atom is 0.334 e. The highest BCUT2D eigenvalue weighted by molar-refractivity contribution is 7.71. The van der Waals surface area contributed by atoms with Crippen molar-refractivity contribution in [3.05, 3.63) is 25.7 Å². The molecule has 0 saturated carbocycles. The molecule has 0 aliphatic rings. The monoisotopic (exact) mass is 231 g/mol. The molecule has 1 rings (SSSR count). The smallest absolute Gasteiger partial charge is 0.334 e. The van der Waals surface area contributed by atoms with Crippen molar-refractivity contribution < 1.29 is 9.53 Å². The first-order valence-electron chi connectivity index (χ1n) is 3.94. The van der Waals surface area contributed by atoms with Crippen molar-refractivity contribution in [1.82, 2.24) is 14.1 Å². The third kappa shape index (κ3) is 2.21. The average molecular weight is 231 g/mol. The first kappa shape index (κ1) is 11.4. The third-order valence-electron chi connectivity index (χ3n) is 1.80. The summed E-state index contributed by atoms with van der Waals surface area (Å²) in [7, 11) is 2.48. The van der Waals surface area contributed by atoms with Crippen LogP contribution in [-0.2, 0) is 23.1 Å². The van der Waals surface area contributed by atoms with Gasteiger partial charge in [-0.2, -0.15) is 0 Å². The van der Waals surface area contributed by atoms with Gasteiger partial charge in [0, 0.05) is 7.05 Å². The van der Waals surface area contributed by atoms with Gasteiger partial charge in [0.15, 0.2) is 4.77 Å². The van der Waals surface area contributed by atoms with Gasteiger partial charge in [-0.15, -0.1) is 0 Å². The molecule has 0 aromatic carbocycles. The number of esters is 1. The number of hydrogen-bond acceptors (Lipinski definition) is 5. The lowest BCUT2D eigenvalue weighted by molar-refractivity contribution is -0.141. The van der Waals surface area contributed by atoms with Crippen molar-refractivity contribution in [3.63, 3.8) is 0 Å². The summed E-state index contributed by atoms with van der Waals surface area (Å²) in [5.41, 5.74) is -1.28. The molecule has 1 aromatic rings. The molecule has 82 valence electrons. The summed E-state index contributed by atoms with van der Waals surface area (Å²) in [6.07, 6.45) is 0. The van der Waals surface area contributed by atoms with Gasteiger partial charge < -0.3 is 4.74 Å². The van der Waals surface area contributed by atoms with Crippen LogP contribution in [0.4, 0.5) is 0 Å². The highest BCUT2D eigenvalue weighted by Gasteiger charge is 2.08. The molecule has 0 saturated heterocycles.